The molecule has 1 unspecified atom stereocenters. The molecule has 1 atom stereocenters. The van der Waals surface area contributed by atoms with Crippen LogP contribution in [-0.2, 0) is 4.79 Å². The van der Waals surface area contributed by atoms with Crippen LogP contribution in [0.15, 0.2) is 70.2 Å². The molecule has 1 amide bonds. The molecule has 3 heterocycles. The lowest BCUT2D eigenvalue weighted by atomic mass is 10.1. The van der Waals surface area contributed by atoms with Gasteiger partial charge in [0.05, 0.1) is 11.4 Å². The molecule has 0 saturated carbocycles. The molecule has 29 heavy (non-hydrogen) atoms. The number of carbonyl (C=O) groups excluding carboxylic acids is 1. The Morgan fingerprint density at radius 1 is 1.17 bits per heavy atom. The molecule has 1 aromatic carbocycles. The summed E-state index contributed by atoms with van der Waals surface area (Å²) in [6.07, 6.45) is 2.37. The minimum atomic E-state index is -0.853. The zero-order chi connectivity index (χ0) is 20.2. The maximum absolute atomic E-state index is 11.7. The summed E-state index contributed by atoms with van der Waals surface area (Å²) in [5, 5.41) is 18.1. The van der Waals surface area contributed by atoms with E-state index in [0.717, 1.165) is 33.6 Å². The normalized spacial score (nSPS) is 16.5. The highest BCUT2D eigenvalue weighted by atomic mass is 32.2. The smallest absolute Gasteiger partial charge is 0.224 e. The number of hydrogen-bond donors (Lipinski definition) is 4. The maximum Gasteiger partial charge on any atom is 0.224 e. The number of amides is 1. The molecule has 0 radical (unpaired) electrons. The van der Waals surface area contributed by atoms with Crippen LogP contribution in [0, 0.1) is 6.92 Å². The summed E-state index contributed by atoms with van der Waals surface area (Å²) in [5.74, 6) is 1.45. The van der Waals surface area contributed by atoms with Gasteiger partial charge < -0.3 is 10.6 Å². The molecule has 1 aliphatic rings. The molecular weight excluding hydrogens is 384 g/mol. The Kier molecular flexibility index (Phi) is 5.44. The van der Waals surface area contributed by atoms with Crippen molar-refractivity contribution in [1.29, 1.82) is 0 Å². The summed E-state index contributed by atoms with van der Waals surface area (Å²) in [4.78, 5) is 21.2. The molecule has 8 heteroatoms. The quantitative estimate of drug-likeness (QED) is 0.364. The van der Waals surface area contributed by atoms with E-state index in [1.54, 1.807) is 0 Å². The number of carbonyl (C=O) groups is 1. The Morgan fingerprint density at radius 2 is 2.00 bits per heavy atom. The van der Waals surface area contributed by atoms with E-state index in [2.05, 4.69) is 26.2 Å². The predicted octanol–water partition coefficient (Wildman–Crippen LogP) is 4.17. The van der Waals surface area contributed by atoms with E-state index >= 15 is 0 Å². The lowest BCUT2D eigenvalue weighted by molar-refractivity contribution is -0.119. The molecule has 0 fully saturated rings. The second-order valence-electron chi connectivity index (χ2n) is 6.56. The Bertz CT molecular complexity index is 1090. The van der Waals surface area contributed by atoms with Gasteiger partial charge in [0, 0.05) is 29.8 Å². The van der Waals surface area contributed by atoms with Crippen LogP contribution in [0.5, 0.6) is 0 Å². The van der Waals surface area contributed by atoms with Crippen LogP contribution >= 0.6 is 10.9 Å². The number of aromatic nitrogens is 4. The van der Waals surface area contributed by atoms with Crippen LogP contribution < -0.4 is 10.6 Å². The summed E-state index contributed by atoms with van der Waals surface area (Å²) in [5.41, 5.74) is 3.55. The monoisotopic (exact) mass is 406 g/mol. The first-order chi connectivity index (χ1) is 14.1. The highest BCUT2D eigenvalue weighted by Gasteiger charge is 2.15. The second-order valence-corrected chi connectivity index (χ2v) is 8.33. The van der Waals surface area contributed by atoms with Crippen molar-refractivity contribution in [2.75, 3.05) is 5.32 Å². The van der Waals surface area contributed by atoms with Gasteiger partial charge in [0.1, 0.15) is 11.6 Å². The predicted molar refractivity (Wildman–Crippen MR) is 117 cm³/mol. The number of nitrogens with zero attached hydrogens (tertiary/aromatic N) is 3. The molecule has 148 valence electrons. The van der Waals surface area contributed by atoms with Crippen LogP contribution in [0.2, 0.25) is 0 Å². The molecule has 3 aromatic rings. The molecule has 2 aromatic heterocycles. The van der Waals surface area contributed by atoms with E-state index in [-0.39, 0.29) is 5.91 Å². The van der Waals surface area contributed by atoms with Crippen molar-refractivity contribution in [3.8, 4) is 11.3 Å². The second kappa shape index (κ2) is 8.32. The van der Waals surface area contributed by atoms with Crippen LogP contribution in [0.25, 0.3) is 11.3 Å². The number of H-pyrrole nitrogens is 1. The lowest BCUT2D eigenvalue weighted by Crippen LogP contribution is -2.19. The average Bonchev–Trinajstić information content (AvgIpc) is 3.37. The first-order valence-electron chi connectivity index (χ1n) is 9.32. The van der Waals surface area contributed by atoms with Crippen molar-refractivity contribution in [3.05, 3.63) is 70.7 Å². The number of allylic oxidation sites excluding steroid dienone is 1. The zero-order valence-corrected chi connectivity index (χ0v) is 17.1. The fraction of sp³-hybridized carbons (Fsp3) is 0.143. The molecule has 4 rings (SSSR count). The maximum atomic E-state index is 11.7. The Labute approximate surface area is 171 Å². The SMILES string of the molecule is CCC(=O)NC1=C[SH](c2nc(Nc3cc(C)n[nH]3)cc(-c3ccccc3)n2)C=C1. The first kappa shape index (κ1) is 18.9. The fourth-order valence-corrected chi connectivity index (χ4v) is 4.39. The summed E-state index contributed by atoms with van der Waals surface area (Å²) in [6.45, 7) is 3.75. The van der Waals surface area contributed by atoms with Gasteiger partial charge in [-0.3, -0.25) is 9.89 Å². The fourth-order valence-electron chi connectivity index (χ4n) is 2.84. The van der Waals surface area contributed by atoms with E-state index in [4.69, 9.17) is 9.97 Å². The number of thiol groups is 1. The minimum absolute atomic E-state index is 0.00586. The molecule has 0 saturated heterocycles. The third kappa shape index (κ3) is 4.55. The number of rotatable bonds is 6. The van der Waals surface area contributed by atoms with Crippen molar-refractivity contribution in [2.24, 2.45) is 0 Å². The third-order valence-corrected chi connectivity index (χ3v) is 5.97. The molecule has 1 aliphatic heterocycles. The van der Waals surface area contributed by atoms with E-state index in [9.17, 15) is 4.79 Å². The number of aromatic amines is 1. The van der Waals surface area contributed by atoms with Gasteiger partial charge in [0.2, 0.25) is 5.91 Å². The van der Waals surface area contributed by atoms with Crippen molar-refractivity contribution >= 4 is 28.4 Å². The molecular formula is C21H22N6OS. The highest BCUT2D eigenvalue weighted by molar-refractivity contribution is 8.22. The number of aryl methyl sites for hydroxylation is 1. The summed E-state index contributed by atoms with van der Waals surface area (Å²) < 4.78 is 0. The van der Waals surface area contributed by atoms with Gasteiger partial charge in [-0.25, -0.2) is 9.97 Å². The number of hydrogen-bond acceptors (Lipinski definition) is 5. The van der Waals surface area contributed by atoms with Gasteiger partial charge in [0.15, 0.2) is 5.16 Å². The van der Waals surface area contributed by atoms with Crippen LogP contribution in [-0.4, -0.2) is 26.1 Å². The summed E-state index contributed by atoms with van der Waals surface area (Å²) in [6, 6.07) is 13.8. The number of nitrogens with one attached hydrogen (secondary N) is 3. The van der Waals surface area contributed by atoms with E-state index in [0.29, 0.717) is 12.2 Å². The van der Waals surface area contributed by atoms with Crippen molar-refractivity contribution in [1.82, 2.24) is 25.5 Å². The Balaban J connectivity index is 1.68. The summed E-state index contributed by atoms with van der Waals surface area (Å²) in [7, 11) is -0.853. The Morgan fingerprint density at radius 3 is 2.72 bits per heavy atom. The number of anilines is 2. The third-order valence-electron chi connectivity index (χ3n) is 4.28. The largest absolute Gasteiger partial charge is 0.326 e. The van der Waals surface area contributed by atoms with Crippen LogP contribution in [0.1, 0.15) is 19.0 Å². The van der Waals surface area contributed by atoms with E-state index in [1.165, 1.54) is 0 Å². The van der Waals surface area contributed by atoms with E-state index < -0.39 is 10.9 Å². The topological polar surface area (TPSA) is 95.6 Å². The van der Waals surface area contributed by atoms with Crippen molar-refractivity contribution in [3.63, 3.8) is 0 Å². The first-order valence-corrected chi connectivity index (χ1v) is 10.8. The average molecular weight is 407 g/mol. The lowest BCUT2D eigenvalue weighted by Gasteiger charge is -2.13. The van der Waals surface area contributed by atoms with Gasteiger partial charge in [-0.1, -0.05) is 37.3 Å². The van der Waals surface area contributed by atoms with Crippen molar-refractivity contribution in [2.45, 2.75) is 25.4 Å². The van der Waals surface area contributed by atoms with Gasteiger partial charge in [-0.2, -0.15) is 5.10 Å². The Hall–Kier alpha value is -3.39. The van der Waals surface area contributed by atoms with E-state index in [1.807, 2.05) is 67.8 Å². The standard InChI is InChI=1S/C21H22N6OS/c1-3-20(28)22-16-9-10-29(13-16)21-23-17(15-7-5-4-6-8-15)12-18(25-21)24-19-11-14(2)26-27-19/h4-13,29H,3H2,1-2H3,(H,22,28)(H2,23,24,25,26,27). The minimum Gasteiger partial charge on any atom is -0.326 e. The molecule has 0 aliphatic carbocycles. The highest BCUT2D eigenvalue weighted by Crippen LogP contribution is 2.42. The summed E-state index contributed by atoms with van der Waals surface area (Å²) >= 11 is 0. The van der Waals surface area contributed by atoms with Gasteiger partial charge in [0.25, 0.3) is 0 Å². The van der Waals surface area contributed by atoms with Crippen LogP contribution in [0.3, 0.4) is 0 Å². The molecule has 7 nitrogen and oxygen atoms in total. The zero-order valence-electron chi connectivity index (χ0n) is 16.2. The molecule has 0 bridgehead atoms. The molecule has 0 spiro atoms. The van der Waals surface area contributed by atoms with Gasteiger partial charge in [-0.05, 0) is 23.8 Å². The molecule has 3 N–H and O–H groups in total. The van der Waals surface area contributed by atoms with Gasteiger partial charge >= 0.3 is 0 Å². The number of benzene rings is 1. The van der Waals surface area contributed by atoms with Crippen molar-refractivity contribution < 1.29 is 4.79 Å². The van der Waals surface area contributed by atoms with Gasteiger partial charge in [-0.15, -0.1) is 10.9 Å². The van der Waals surface area contributed by atoms with Crippen LogP contribution in [0.4, 0.5) is 11.6 Å².